The first-order valence-electron chi connectivity index (χ1n) is 15.6. The van der Waals surface area contributed by atoms with Crippen LogP contribution in [0.15, 0.2) is 60.8 Å². The minimum absolute atomic E-state index is 0.00872. The number of hydrogen-bond acceptors (Lipinski definition) is 6. The molecule has 0 spiro atoms. The maximum atomic E-state index is 15.3. The number of aromatic nitrogens is 1. The standard InChI is InChI=1S/C35H44FN5O3/c1-24-8-11-26(12-9-24)29-6-5-7-30(32(29)36)33(42)38-27-14-18-40(19-15-27)23-25-10-13-31(37-22-25)41-20-16-28(17-21-41)39-34(43)44-35(2,3)4/h5-13,22,27-28H,14-21,23H2,1-4H3,(H,38,42)(H,39,43). The van der Waals surface area contributed by atoms with Crippen LogP contribution in [0, 0.1) is 12.7 Å². The van der Waals surface area contributed by atoms with Crippen molar-refractivity contribution in [2.75, 3.05) is 31.1 Å². The van der Waals surface area contributed by atoms with Crippen molar-refractivity contribution in [2.24, 2.45) is 0 Å². The topological polar surface area (TPSA) is 86.8 Å². The predicted molar refractivity (Wildman–Crippen MR) is 171 cm³/mol. The van der Waals surface area contributed by atoms with Gasteiger partial charge in [0.1, 0.15) is 17.2 Å². The van der Waals surface area contributed by atoms with Gasteiger partial charge in [0.2, 0.25) is 0 Å². The number of nitrogens with one attached hydrogen (secondary N) is 2. The molecule has 2 fully saturated rings. The molecular weight excluding hydrogens is 557 g/mol. The van der Waals surface area contributed by atoms with E-state index in [1.54, 1.807) is 18.2 Å². The molecule has 0 saturated carbocycles. The number of carbonyl (C=O) groups excluding carboxylic acids is 2. The van der Waals surface area contributed by atoms with Gasteiger partial charge in [0.25, 0.3) is 5.91 Å². The van der Waals surface area contributed by atoms with Crippen molar-refractivity contribution in [1.29, 1.82) is 0 Å². The minimum atomic E-state index is -0.501. The summed E-state index contributed by atoms with van der Waals surface area (Å²) in [5.74, 6) is 0.105. The number of carbonyl (C=O) groups is 2. The summed E-state index contributed by atoms with van der Waals surface area (Å²) in [4.78, 5) is 34.5. The van der Waals surface area contributed by atoms with E-state index in [0.717, 1.165) is 80.9 Å². The van der Waals surface area contributed by atoms with Crippen molar-refractivity contribution in [3.8, 4) is 11.1 Å². The summed E-state index contributed by atoms with van der Waals surface area (Å²) in [6, 6.07) is 17.0. The molecule has 44 heavy (non-hydrogen) atoms. The number of likely N-dealkylation sites (tertiary alicyclic amines) is 1. The average molecular weight is 602 g/mol. The van der Waals surface area contributed by atoms with E-state index < -0.39 is 11.4 Å². The van der Waals surface area contributed by atoms with Crippen molar-refractivity contribution in [3.05, 3.63) is 83.3 Å². The lowest BCUT2D eigenvalue weighted by Crippen LogP contribution is -2.46. The van der Waals surface area contributed by atoms with E-state index in [-0.39, 0.29) is 29.6 Å². The summed E-state index contributed by atoms with van der Waals surface area (Å²) in [7, 11) is 0. The van der Waals surface area contributed by atoms with Gasteiger partial charge in [0.15, 0.2) is 0 Å². The van der Waals surface area contributed by atoms with Crippen LogP contribution >= 0.6 is 0 Å². The molecule has 234 valence electrons. The van der Waals surface area contributed by atoms with E-state index in [2.05, 4.69) is 32.6 Å². The molecule has 9 heteroatoms. The van der Waals surface area contributed by atoms with Gasteiger partial charge >= 0.3 is 6.09 Å². The van der Waals surface area contributed by atoms with Crippen LogP contribution in [0.1, 0.15) is 67.9 Å². The number of halogens is 1. The van der Waals surface area contributed by atoms with Crippen molar-refractivity contribution in [3.63, 3.8) is 0 Å². The highest BCUT2D eigenvalue weighted by Crippen LogP contribution is 2.26. The van der Waals surface area contributed by atoms with E-state index in [9.17, 15) is 9.59 Å². The molecule has 0 atom stereocenters. The zero-order valence-electron chi connectivity index (χ0n) is 26.2. The number of aryl methyl sites for hydroxylation is 1. The van der Waals surface area contributed by atoms with Crippen LogP contribution in [0.4, 0.5) is 15.0 Å². The Bertz CT molecular complexity index is 1420. The van der Waals surface area contributed by atoms with Crippen LogP contribution in [0.25, 0.3) is 11.1 Å². The van der Waals surface area contributed by atoms with Gasteiger partial charge in [0, 0.05) is 56.6 Å². The van der Waals surface area contributed by atoms with Crippen molar-refractivity contribution >= 4 is 17.8 Å². The largest absolute Gasteiger partial charge is 0.444 e. The number of piperidine rings is 2. The fourth-order valence-corrected chi connectivity index (χ4v) is 5.84. The second-order valence-corrected chi connectivity index (χ2v) is 13.0. The summed E-state index contributed by atoms with van der Waals surface area (Å²) in [6.45, 7) is 11.7. The second-order valence-electron chi connectivity index (χ2n) is 13.0. The van der Waals surface area contributed by atoms with Crippen molar-refractivity contribution in [1.82, 2.24) is 20.5 Å². The maximum Gasteiger partial charge on any atom is 0.407 e. The summed E-state index contributed by atoms with van der Waals surface area (Å²) in [5.41, 5.74) is 3.03. The SMILES string of the molecule is Cc1ccc(-c2cccc(C(=O)NC3CCN(Cc4ccc(N5CCC(NC(=O)OC(C)(C)C)CC5)nc4)CC3)c2F)cc1. The Balaban J connectivity index is 1.06. The Labute approximate surface area is 260 Å². The Kier molecular flexibility index (Phi) is 9.84. The van der Waals surface area contributed by atoms with E-state index >= 15 is 4.39 Å². The molecule has 2 amide bonds. The quantitative estimate of drug-likeness (QED) is 0.341. The van der Waals surface area contributed by atoms with Gasteiger partial charge in [-0.25, -0.2) is 14.2 Å². The fourth-order valence-electron chi connectivity index (χ4n) is 5.84. The Morgan fingerprint density at radius 2 is 1.57 bits per heavy atom. The summed E-state index contributed by atoms with van der Waals surface area (Å²) >= 11 is 0. The molecule has 8 nitrogen and oxygen atoms in total. The number of anilines is 1. The lowest BCUT2D eigenvalue weighted by molar-refractivity contribution is 0.0497. The van der Waals surface area contributed by atoms with Crippen LogP contribution in [-0.2, 0) is 11.3 Å². The number of amides is 2. The second kappa shape index (κ2) is 13.8. The van der Waals surface area contributed by atoms with Crippen molar-refractivity contribution in [2.45, 2.75) is 77.6 Å². The van der Waals surface area contributed by atoms with Gasteiger partial charge in [0.05, 0.1) is 5.56 Å². The first kappa shape index (κ1) is 31.4. The molecule has 1 aromatic heterocycles. The molecule has 0 aliphatic carbocycles. The zero-order valence-corrected chi connectivity index (χ0v) is 26.2. The Hall–Kier alpha value is -3.98. The lowest BCUT2D eigenvalue weighted by Gasteiger charge is -2.34. The number of benzene rings is 2. The monoisotopic (exact) mass is 601 g/mol. The van der Waals surface area contributed by atoms with Crippen LogP contribution in [-0.4, -0.2) is 65.7 Å². The van der Waals surface area contributed by atoms with Crippen LogP contribution < -0.4 is 15.5 Å². The van der Waals surface area contributed by atoms with Crippen LogP contribution in [0.5, 0.6) is 0 Å². The number of hydrogen-bond donors (Lipinski definition) is 2. The number of alkyl carbamates (subject to hydrolysis) is 1. The van der Waals surface area contributed by atoms with E-state index in [1.807, 2.05) is 58.2 Å². The molecule has 0 unspecified atom stereocenters. The smallest absolute Gasteiger partial charge is 0.407 e. The predicted octanol–water partition coefficient (Wildman–Crippen LogP) is 6.08. The van der Waals surface area contributed by atoms with E-state index in [1.165, 1.54) is 0 Å². The third-order valence-electron chi connectivity index (χ3n) is 8.28. The molecule has 0 radical (unpaired) electrons. The molecule has 2 N–H and O–H groups in total. The van der Waals surface area contributed by atoms with Gasteiger partial charge in [-0.2, -0.15) is 0 Å². The molecule has 2 aliphatic heterocycles. The average Bonchev–Trinajstić information content (AvgIpc) is 2.99. The fraction of sp³-hybridized carbons (Fsp3) is 0.457. The minimum Gasteiger partial charge on any atom is -0.444 e. The molecule has 3 aromatic rings. The lowest BCUT2D eigenvalue weighted by atomic mass is 9.99. The van der Waals surface area contributed by atoms with Gasteiger partial charge in [-0.05, 0) is 76.6 Å². The third-order valence-corrected chi connectivity index (χ3v) is 8.28. The summed E-state index contributed by atoms with van der Waals surface area (Å²) in [5, 5.41) is 6.04. The first-order chi connectivity index (χ1) is 21.0. The van der Waals surface area contributed by atoms with Gasteiger partial charge in [-0.15, -0.1) is 0 Å². The molecule has 3 heterocycles. The first-order valence-corrected chi connectivity index (χ1v) is 15.6. The highest BCUT2D eigenvalue weighted by Gasteiger charge is 2.26. The van der Waals surface area contributed by atoms with E-state index in [0.29, 0.717) is 5.56 Å². The maximum absolute atomic E-state index is 15.3. The normalized spacial score (nSPS) is 16.9. The van der Waals surface area contributed by atoms with Gasteiger partial charge in [-0.1, -0.05) is 48.0 Å². The Morgan fingerprint density at radius 3 is 2.20 bits per heavy atom. The summed E-state index contributed by atoms with van der Waals surface area (Å²) < 4.78 is 20.7. The molecular formula is C35H44FN5O3. The van der Waals surface area contributed by atoms with E-state index in [4.69, 9.17) is 9.72 Å². The number of pyridine rings is 1. The zero-order chi connectivity index (χ0) is 31.3. The number of nitrogens with zero attached hydrogens (tertiary/aromatic N) is 3. The highest BCUT2D eigenvalue weighted by atomic mass is 19.1. The Morgan fingerprint density at radius 1 is 0.909 bits per heavy atom. The van der Waals surface area contributed by atoms with Crippen LogP contribution in [0.3, 0.4) is 0 Å². The molecule has 2 aromatic carbocycles. The van der Waals surface area contributed by atoms with Crippen LogP contribution in [0.2, 0.25) is 0 Å². The van der Waals surface area contributed by atoms with Gasteiger partial charge in [-0.3, -0.25) is 9.69 Å². The summed E-state index contributed by atoms with van der Waals surface area (Å²) in [6.07, 6.45) is 4.89. The highest BCUT2D eigenvalue weighted by molar-refractivity contribution is 5.96. The third kappa shape index (κ3) is 8.34. The number of rotatable bonds is 7. The van der Waals surface area contributed by atoms with Gasteiger partial charge < -0.3 is 20.3 Å². The molecule has 5 rings (SSSR count). The molecule has 2 saturated heterocycles. The number of ether oxygens (including phenoxy) is 1. The van der Waals surface area contributed by atoms with Crippen molar-refractivity contribution < 1.29 is 18.7 Å². The molecule has 2 aliphatic rings. The molecule has 0 bridgehead atoms.